The molecule has 72 valence electrons. The van der Waals surface area contributed by atoms with E-state index in [1.54, 1.807) is 0 Å². The lowest BCUT2D eigenvalue weighted by Crippen LogP contribution is -2.36. The van der Waals surface area contributed by atoms with Crippen molar-refractivity contribution in [1.29, 1.82) is 0 Å². The fourth-order valence-corrected chi connectivity index (χ4v) is 3.90. The molecule has 0 aliphatic heterocycles. The van der Waals surface area contributed by atoms with Gasteiger partial charge in [0.25, 0.3) is 0 Å². The molecule has 1 rings (SSSR count). The Kier molecular flexibility index (Phi) is 3.12. The van der Waals surface area contributed by atoms with Crippen LogP contribution in [0, 0.1) is 0 Å². The van der Waals surface area contributed by atoms with E-state index in [2.05, 4.69) is 0 Å². The molecule has 0 bridgehead atoms. The second kappa shape index (κ2) is 3.75. The van der Waals surface area contributed by atoms with Crippen LogP contribution in [-0.4, -0.2) is 25.5 Å². The monoisotopic (exact) mass is 191 g/mol. The number of hydrogen-bond donors (Lipinski definition) is 1. The topological polar surface area (TPSA) is 60.2 Å². The van der Waals surface area contributed by atoms with Crippen molar-refractivity contribution in [2.24, 2.45) is 5.73 Å². The molecule has 0 aromatic heterocycles. The predicted octanol–water partition coefficient (Wildman–Crippen LogP) is 0.691. The number of nitrogens with two attached hydrogens (primary N) is 1. The Labute approximate surface area is 74.3 Å². The van der Waals surface area contributed by atoms with E-state index in [-0.39, 0.29) is 11.3 Å². The molecule has 2 unspecified atom stereocenters. The highest BCUT2D eigenvalue weighted by atomic mass is 32.2. The summed E-state index contributed by atoms with van der Waals surface area (Å²) in [5, 5.41) is -0.252. The molecule has 3 nitrogen and oxygen atoms in total. The molecule has 0 saturated heterocycles. The van der Waals surface area contributed by atoms with Gasteiger partial charge >= 0.3 is 0 Å². The molecule has 1 fully saturated rings. The Morgan fingerprint density at radius 1 is 1.42 bits per heavy atom. The van der Waals surface area contributed by atoms with Gasteiger partial charge in [0.15, 0.2) is 9.84 Å². The zero-order valence-electron chi connectivity index (χ0n) is 7.49. The minimum Gasteiger partial charge on any atom is -0.327 e. The lowest BCUT2D eigenvalue weighted by Gasteiger charge is -2.15. The van der Waals surface area contributed by atoms with Gasteiger partial charge in [-0.05, 0) is 19.3 Å². The quantitative estimate of drug-likeness (QED) is 0.714. The van der Waals surface area contributed by atoms with Gasteiger partial charge in [0.2, 0.25) is 0 Å². The molecule has 0 aromatic rings. The third-order valence-corrected chi connectivity index (χ3v) is 4.94. The molecule has 2 atom stereocenters. The molecule has 1 aliphatic carbocycles. The maximum Gasteiger partial charge on any atom is 0.154 e. The van der Waals surface area contributed by atoms with Gasteiger partial charge in [-0.1, -0.05) is 13.3 Å². The standard InChI is InChI=1S/C8H17NO2S/c1-2-6-12(10,11)8-5-3-4-7(8)9/h7-8H,2-6,9H2,1H3. The lowest BCUT2D eigenvalue weighted by atomic mass is 10.3. The van der Waals surface area contributed by atoms with Gasteiger partial charge in [0.1, 0.15) is 0 Å². The number of hydrogen-bond acceptors (Lipinski definition) is 3. The van der Waals surface area contributed by atoms with Crippen molar-refractivity contribution >= 4 is 9.84 Å². The van der Waals surface area contributed by atoms with Crippen LogP contribution >= 0.6 is 0 Å². The first-order valence-corrected chi connectivity index (χ1v) is 6.26. The highest BCUT2D eigenvalue weighted by molar-refractivity contribution is 7.92. The summed E-state index contributed by atoms with van der Waals surface area (Å²) in [4.78, 5) is 0. The maximum absolute atomic E-state index is 11.6. The maximum atomic E-state index is 11.6. The van der Waals surface area contributed by atoms with Gasteiger partial charge in [0.05, 0.1) is 11.0 Å². The number of sulfone groups is 1. The molecular formula is C8H17NO2S. The van der Waals surface area contributed by atoms with Crippen LogP contribution in [0.5, 0.6) is 0 Å². The van der Waals surface area contributed by atoms with E-state index in [0.717, 1.165) is 19.3 Å². The summed E-state index contributed by atoms with van der Waals surface area (Å²) < 4.78 is 23.1. The smallest absolute Gasteiger partial charge is 0.154 e. The second-order valence-electron chi connectivity index (χ2n) is 3.50. The van der Waals surface area contributed by atoms with E-state index in [1.807, 2.05) is 6.92 Å². The molecule has 1 aliphatic rings. The van der Waals surface area contributed by atoms with E-state index in [1.165, 1.54) is 0 Å². The van der Waals surface area contributed by atoms with E-state index >= 15 is 0 Å². The minimum absolute atomic E-state index is 0.110. The molecule has 0 heterocycles. The molecule has 2 N–H and O–H groups in total. The first-order chi connectivity index (χ1) is 5.58. The summed E-state index contributed by atoms with van der Waals surface area (Å²) in [5.41, 5.74) is 5.72. The Bertz CT molecular complexity index is 235. The van der Waals surface area contributed by atoms with Crippen LogP contribution in [0.2, 0.25) is 0 Å². The third kappa shape index (κ3) is 1.98. The van der Waals surface area contributed by atoms with Crippen LogP contribution < -0.4 is 5.73 Å². The van der Waals surface area contributed by atoms with E-state index < -0.39 is 9.84 Å². The lowest BCUT2D eigenvalue weighted by molar-refractivity contribution is 0.567. The van der Waals surface area contributed by atoms with Crippen molar-refractivity contribution in [3.05, 3.63) is 0 Å². The molecule has 0 spiro atoms. The molecule has 4 heteroatoms. The molecule has 0 radical (unpaired) electrons. The van der Waals surface area contributed by atoms with E-state index in [4.69, 9.17) is 5.73 Å². The van der Waals surface area contributed by atoms with Crippen molar-refractivity contribution in [2.75, 3.05) is 5.75 Å². The first kappa shape index (κ1) is 9.99. The van der Waals surface area contributed by atoms with Crippen molar-refractivity contribution in [3.63, 3.8) is 0 Å². The summed E-state index contributed by atoms with van der Waals surface area (Å²) in [6, 6.07) is -0.110. The van der Waals surface area contributed by atoms with Gasteiger partial charge in [-0.25, -0.2) is 8.42 Å². The average Bonchev–Trinajstić information content (AvgIpc) is 2.35. The summed E-state index contributed by atoms with van der Waals surface area (Å²) in [5.74, 6) is 0.297. The molecule has 1 saturated carbocycles. The molecule has 0 aromatic carbocycles. The molecule has 12 heavy (non-hydrogen) atoms. The summed E-state index contributed by atoms with van der Waals surface area (Å²) >= 11 is 0. The van der Waals surface area contributed by atoms with Gasteiger partial charge in [-0.15, -0.1) is 0 Å². The van der Waals surface area contributed by atoms with Gasteiger partial charge in [-0.3, -0.25) is 0 Å². The molecular weight excluding hydrogens is 174 g/mol. The van der Waals surface area contributed by atoms with Crippen LogP contribution in [0.15, 0.2) is 0 Å². The average molecular weight is 191 g/mol. The van der Waals surface area contributed by atoms with Crippen molar-refractivity contribution in [1.82, 2.24) is 0 Å². The van der Waals surface area contributed by atoms with Gasteiger partial charge in [-0.2, -0.15) is 0 Å². The minimum atomic E-state index is -2.88. The summed E-state index contributed by atoms with van der Waals surface area (Å²) in [6.45, 7) is 1.89. The second-order valence-corrected chi connectivity index (χ2v) is 5.84. The van der Waals surface area contributed by atoms with Gasteiger partial charge in [0, 0.05) is 6.04 Å². The van der Waals surface area contributed by atoms with Crippen molar-refractivity contribution in [3.8, 4) is 0 Å². The van der Waals surface area contributed by atoms with Gasteiger partial charge < -0.3 is 5.73 Å². The predicted molar refractivity (Wildman–Crippen MR) is 49.7 cm³/mol. The van der Waals surface area contributed by atoms with E-state index in [0.29, 0.717) is 12.2 Å². The van der Waals surface area contributed by atoms with Crippen molar-refractivity contribution < 1.29 is 8.42 Å². The van der Waals surface area contributed by atoms with E-state index in [9.17, 15) is 8.42 Å². The highest BCUT2D eigenvalue weighted by Crippen LogP contribution is 2.24. The first-order valence-electron chi connectivity index (χ1n) is 4.55. The van der Waals surface area contributed by atoms with Crippen LogP contribution in [-0.2, 0) is 9.84 Å². The summed E-state index contributed by atoms with van der Waals surface area (Å²) in [7, 11) is -2.88. The third-order valence-electron chi connectivity index (χ3n) is 2.45. The molecule has 0 amide bonds. The fourth-order valence-electron chi connectivity index (χ4n) is 1.84. The Morgan fingerprint density at radius 3 is 2.50 bits per heavy atom. The van der Waals surface area contributed by atoms with Crippen LogP contribution in [0.1, 0.15) is 32.6 Å². The number of rotatable bonds is 3. The fraction of sp³-hybridized carbons (Fsp3) is 1.00. The largest absolute Gasteiger partial charge is 0.327 e. The Hall–Kier alpha value is -0.0900. The van der Waals surface area contributed by atoms with Crippen LogP contribution in [0.3, 0.4) is 0 Å². The normalized spacial score (nSPS) is 30.8. The van der Waals surface area contributed by atoms with Crippen LogP contribution in [0.4, 0.5) is 0 Å². The SMILES string of the molecule is CCCS(=O)(=O)C1CCCC1N. The Morgan fingerprint density at radius 2 is 2.08 bits per heavy atom. The van der Waals surface area contributed by atoms with Crippen molar-refractivity contribution in [2.45, 2.75) is 43.9 Å². The zero-order chi connectivity index (χ0) is 9.19. The summed E-state index contributed by atoms with van der Waals surface area (Å²) in [6.07, 6.45) is 3.30. The Balaban J connectivity index is 2.68. The highest BCUT2D eigenvalue weighted by Gasteiger charge is 2.34. The van der Waals surface area contributed by atoms with Crippen LogP contribution in [0.25, 0.3) is 0 Å². The zero-order valence-corrected chi connectivity index (χ0v) is 8.31.